The summed E-state index contributed by atoms with van der Waals surface area (Å²) >= 11 is 3.19. The molecule has 20 heavy (non-hydrogen) atoms. The molecule has 2 rings (SSSR count). The first-order valence-electron chi connectivity index (χ1n) is 6.06. The van der Waals surface area contributed by atoms with E-state index in [9.17, 15) is 8.78 Å². The fraction of sp³-hybridized carbons (Fsp3) is 0.200. The predicted molar refractivity (Wildman–Crippen MR) is 79.1 cm³/mol. The van der Waals surface area contributed by atoms with E-state index < -0.39 is 0 Å². The number of nitrogens with one attached hydrogen (secondary N) is 1. The summed E-state index contributed by atoms with van der Waals surface area (Å²) in [5.74, 6) is -0.324. The standard InChI is InChI=1S/C15H14BrF2NO/c1-9(12-5-4-11(20-2)8-13(12)17)19-15-6-3-10(16)7-14(15)18/h3-9,19H,1-2H3. The molecule has 0 saturated heterocycles. The van der Waals surface area contributed by atoms with E-state index in [1.807, 2.05) is 0 Å². The van der Waals surface area contributed by atoms with Crippen molar-refractivity contribution >= 4 is 21.6 Å². The second-order valence-electron chi connectivity index (χ2n) is 4.38. The third kappa shape index (κ3) is 3.28. The average molecular weight is 342 g/mol. The minimum atomic E-state index is -0.389. The zero-order valence-electron chi connectivity index (χ0n) is 11.1. The van der Waals surface area contributed by atoms with Gasteiger partial charge in [0.05, 0.1) is 18.8 Å². The monoisotopic (exact) mass is 341 g/mol. The van der Waals surface area contributed by atoms with Crippen LogP contribution < -0.4 is 10.1 Å². The molecule has 0 aliphatic carbocycles. The molecule has 106 valence electrons. The molecule has 5 heteroatoms. The molecule has 0 aromatic heterocycles. The minimum absolute atomic E-state index is 0.330. The SMILES string of the molecule is COc1ccc(C(C)Nc2ccc(Br)cc2F)c(F)c1. The Kier molecular flexibility index (Phi) is 4.60. The topological polar surface area (TPSA) is 21.3 Å². The normalized spacial score (nSPS) is 12.1. The Hall–Kier alpha value is -1.62. The summed E-state index contributed by atoms with van der Waals surface area (Å²) in [6, 6.07) is 8.94. The summed E-state index contributed by atoms with van der Waals surface area (Å²) in [4.78, 5) is 0. The van der Waals surface area contributed by atoms with Crippen LogP contribution in [0.2, 0.25) is 0 Å². The molecule has 0 heterocycles. The van der Waals surface area contributed by atoms with E-state index in [0.29, 0.717) is 21.5 Å². The second-order valence-corrected chi connectivity index (χ2v) is 5.29. The Morgan fingerprint density at radius 2 is 1.85 bits per heavy atom. The molecule has 0 bridgehead atoms. The van der Waals surface area contributed by atoms with Crippen molar-refractivity contribution in [3.63, 3.8) is 0 Å². The van der Waals surface area contributed by atoms with Gasteiger partial charge in [-0.15, -0.1) is 0 Å². The van der Waals surface area contributed by atoms with Crippen molar-refractivity contribution in [3.8, 4) is 5.75 Å². The van der Waals surface area contributed by atoms with Gasteiger partial charge >= 0.3 is 0 Å². The first-order chi connectivity index (χ1) is 9.51. The average Bonchev–Trinajstić information content (AvgIpc) is 2.41. The van der Waals surface area contributed by atoms with Gasteiger partial charge in [-0.25, -0.2) is 8.78 Å². The van der Waals surface area contributed by atoms with Crippen molar-refractivity contribution in [2.45, 2.75) is 13.0 Å². The summed E-state index contributed by atoms with van der Waals surface area (Å²) in [5.41, 5.74) is 0.782. The van der Waals surface area contributed by atoms with Crippen molar-refractivity contribution in [3.05, 3.63) is 58.1 Å². The van der Waals surface area contributed by atoms with Gasteiger partial charge in [-0.1, -0.05) is 22.0 Å². The van der Waals surface area contributed by atoms with Crippen molar-refractivity contribution < 1.29 is 13.5 Å². The van der Waals surface area contributed by atoms with Gasteiger partial charge in [0.2, 0.25) is 0 Å². The number of halogens is 3. The van der Waals surface area contributed by atoms with Gasteiger partial charge in [-0.3, -0.25) is 0 Å². The molecule has 0 spiro atoms. The molecule has 2 aromatic carbocycles. The van der Waals surface area contributed by atoms with E-state index in [4.69, 9.17) is 4.74 Å². The Bertz CT molecular complexity index is 619. The lowest BCUT2D eigenvalue weighted by atomic mass is 10.1. The molecular weight excluding hydrogens is 328 g/mol. The lowest BCUT2D eigenvalue weighted by Gasteiger charge is -2.17. The van der Waals surface area contributed by atoms with Crippen molar-refractivity contribution in [1.29, 1.82) is 0 Å². The van der Waals surface area contributed by atoms with Gasteiger partial charge in [0, 0.05) is 16.1 Å². The van der Waals surface area contributed by atoms with Crippen LogP contribution in [0.4, 0.5) is 14.5 Å². The summed E-state index contributed by atoms with van der Waals surface area (Å²) in [7, 11) is 1.48. The number of hydrogen-bond donors (Lipinski definition) is 1. The van der Waals surface area contributed by atoms with Crippen LogP contribution in [0.3, 0.4) is 0 Å². The molecule has 0 aliphatic rings. The molecule has 1 unspecified atom stereocenters. The third-order valence-electron chi connectivity index (χ3n) is 2.98. The molecule has 0 saturated carbocycles. The number of benzene rings is 2. The fourth-order valence-corrected chi connectivity index (χ4v) is 2.24. The Labute approximate surface area is 124 Å². The van der Waals surface area contributed by atoms with Crippen molar-refractivity contribution in [2.24, 2.45) is 0 Å². The number of rotatable bonds is 4. The number of anilines is 1. The minimum Gasteiger partial charge on any atom is -0.497 e. The maximum Gasteiger partial charge on any atom is 0.147 e. The zero-order chi connectivity index (χ0) is 14.7. The quantitative estimate of drug-likeness (QED) is 0.853. The third-order valence-corrected chi connectivity index (χ3v) is 3.47. The van der Waals surface area contributed by atoms with Crippen LogP contribution in [-0.4, -0.2) is 7.11 Å². The fourth-order valence-electron chi connectivity index (χ4n) is 1.90. The van der Waals surface area contributed by atoms with Crippen LogP contribution in [0.25, 0.3) is 0 Å². The Morgan fingerprint density at radius 1 is 1.10 bits per heavy atom. The molecule has 1 atom stereocenters. The van der Waals surface area contributed by atoms with Crippen LogP contribution in [0.1, 0.15) is 18.5 Å². The van der Waals surface area contributed by atoms with Crippen molar-refractivity contribution in [2.75, 3.05) is 12.4 Å². The zero-order valence-corrected chi connectivity index (χ0v) is 12.7. The van der Waals surface area contributed by atoms with Gasteiger partial charge in [0.25, 0.3) is 0 Å². The highest BCUT2D eigenvalue weighted by atomic mass is 79.9. The van der Waals surface area contributed by atoms with E-state index in [-0.39, 0.29) is 17.7 Å². The van der Waals surface area contributed by atoms with Gasteiger partial charge < -0.3 is 10.1 Å². The van der Waals surface area contributed by atoms with Crippen LogP contribution in [-0.2, 0) is 0 Å². The molecule has 2 nitrogen and oxygen atoms in total. The summed E-state index contributed by atoms with van der Waals surface area (Å²) in [6.45, 7) is 1.77. The van der Waals surface area contributed by atoms with Crippen LogP contribution in [0, 0.1) is 11.6 Å². The lowest BCUT2D eigenvalue weighted by Crippen LogP contribution is -2.10. The van der Waals surface area contributed by atoms with Gasteiger partial charge in [0.15, 0.2) is 0 Å². The second kappa shape index (κ2) is 6.22. The maximum atomic E-state index is 13.9. The number of hydrogen-bond acceptors (Lipinski definition) is 2. The highest BCUT2D eigenvalue weighted by Gasteiger charge is 2.13. The molecule has 0 fully saturated rings. The summed E-state index contributed by atoms with van der Waals surface area (Å²) < 4.78 is 33.3. The summed E-state index contributed by atoms with van der Waals surface area (Å²) in [6.07, 6.45) is 0. The molecule has 0 amide bonds. The molecule has 0 radical (unpaired) electrons. The predicted octanol–water partition coefficient (Wildman–Crippen LogP) is 4.91. The highest BCUT2D eigenvalue weighted by molar-refractivity contribution is 9.10. The first-order valence-corrected chi connectivity index (χ1v) is 6.85. The Balaban J connectivity index is 2.21. The molecule has 1 N–H and O–H groups in total. The van der Waals surface area contributed by atoms with Crippen LogP contribution >= 0.6 is 15.9 Å². The lowest BCUT2D eigenvalue weighted by molar-refractivity contribution is 0.410. The molecular formula is C15H14BrF2NO. The van der Waals surface area contributed by atoms with Crippen LogP contribution in [0.15, 0.2) is 40.9 Å². The smallest absolute Gasteiger partial charge is 0.147 e. The van der Waals surface area contributed by atoms with Gasteiger partial charge in [-0.05, 0) is 31.2 Å². The van der Waals surface area contributed by atoms with Crippen molar-refractivity contribution in [1.82, 2.24) is 0 Å². The van der Waals surface area contributed by atoms with Gasteiger partial charge in [-0.2, -0.15) is 0 Å². The van der Waals surface area contributed by atoms with E-state index in [2.05, 4.69) is 21.2 Å². The number of ether oxygens (including phenoxy) is 1. The highest BCUT2D eigenvalue weighted by Crippen LogP contribution is 2.27. The van der Waals surface area contributed by atoms with Gasteiger partial charge in [0.1, 0.15) is 17.4 Å². The Morgan fingerprint density at radius 3 is 2.45 bits per heavy atom. The maximum absolute atomic E-state index is 13.9. The first kappa shape index (κ1) is 14.8. The number of methoxy groups -OCH3 is 1. The molecule has 2 aromatic rings. The summed E-state index contributed by atoms with van der Waals surface area (Å²) in [5, 5.41) is 2.96. The molecule has 0 aliphatic heterocycles. The van der Waals surface area contributed by atoms with E-state index in [1.54, 1.807) is 31.2 Å². The largest absolute Gasteiger partial charge is 0.497 e. The van der Waals surface area contributed by atoms with Crippen LogP contribution in [0.5, 0.6) is 5.75 Å². The van der Waals surface area contributed by atoms with E-state index >= 15 is 0 Å². The van der Waals surface area contributed by atoms with E-state index in [0.717, 1.165) is 0 Å². The van der Waals surface area contributed by atoms with E-state index in [1.165, 1.54) is 19.2 Å².